The van der Waals surface area contributed by atoms with Gasteiger partial charge in [-0.3, -0.25) is 14.6 Å². The van der Waals surface area contributed by atoms with Crippen molar-refractivity contribution in [2.75, 3.05) is 45.9 Å². The van der Waals surface area contributed by atoms with Gasteiger partial charge in [-0.1, -0.05) is 36.4 Å². The summed E-state index contributed by atoms with van der Waals surface area (Å²) >= 11 is 0. The lowest BCUT2D eigenvalue weighted by Gasteiger charge is -2.40. The van der Waals surface area contributed by atoms with E-state index < -0.39 is 23.9 Å². The maximum atomic E-state index is 14.1. The van der Waals surface area contributed by atoms with Crippen LogP contribution in [0.3, 0.4) is 0 Å². The molecule has 37 heavy (non-hydrogen) atoms. The van der Waals surface area contributed by atoms with Gasteiger partial charge in [0.05, 0.1) is 18.2 Å². The molecule has 2 aromatic rings. The van der Waals surface area contributed by atoms with Crippen LogP contribution < -0.4 is 5.32 Å². The normalized spacial score (nSPS) is 18.4. The van der Waals surface area contributed by atoms with Gasteiger partial charge in [-0.15, -0.1) is 6.58 Å². The summed E-state index contributed by atoms with van der Waals surface area (Å²) in [6, 6.07) is 13.7. The molecule has 0 saturated carbocycles. The molecule has 3 amide bonds. The lowest BCUT2D eigenvalue weighted by atomic mass is 9.94. The maximum Gasteiger partial charge on any atom is 0.338 e. The predicted molar refractivity (Wildman–Crippen MR) is 137 cm³/mol. The molecule has 2 heterocycles. The minimum Gasteiger partial charge on any atom is -0.463 e. The van der Waals surface area contributed by atoms with Crippen molar-refractivity contribution in [2.24, 2.45) is 0 Å². The Labute approximate surface area is 216 Å². The highest BCUT2D eigenvalue weighted by Crippen LogP contribution is 2.32. The average molecular weight is 507 g/mol. The number of ether oxygens (including phenoxy) is 1. The summed E-state index contributed by atoms with van der Waals surface area (Å²) in [6.07, 6.45) is 1.58. The van der Waals surface area contributed by atoms with Gasteiger partial charge in [0.15, 0.2) is 0 Å². The van der Waals surface area contributed by atoms with E-state index in [-0.39, 0.29) is 31.2 Å². The molecular formula is C28H31FN4O4. The fourth-order valence-corrected chi connectivity index (χ4v) is 4.67. The van der Waals surface area contributed by atoms with Crippen LogP contribution in [0.25, 0.3) is 0 Å². The van der Waals surface area contributed by atoms with Crippen LogP contribution in [0.2, 0.25) is 0 Å². The Balaban J connectivity index is 1.63. The standard InChI is InChI=1S/C28H31FN4O4/c1-3-13-33-23(19-31-14-16-32(17-15-31)26(34)20-9-6-5-7-10-20)24(27(35)37-4-2)25(30-28(33)36)21-11-8-12-22(29)18-21/h3,5-12,18,25H,1,4,13-17,19H2,2H3,(H,30,36). The quantitative estimate of drug-likeness (QED) is 0.439. The lowest BCUT2D eigenvalue weighted by molar-refractivity contribution is -0.139. The Kier molecular flexibility index (Phi) is 8.35. The van der Waals surface area contributed by atoms with E-state index >= 15 is 0 Å². The van der Waals surface area contributed by atoms with E-state index in [1.54, 1.807) is 42.2 Å². The van der Waals surface area contributed by atoms with Crippen molar-refractivity contribution in [3.8, 4) is 0 Å². The molecule has 4 rings (SSSR count). The Hall–Kier alpha value is -3.98. The maximum absolute atomic E-state index is 14.1. The number of nitrogens with one attached hydrogen (secondary N) is 1. The van der Waals surface area contributed by atoms with Crippen LogP contribution in [0.15, 0.2) is 78.5 Å². The fraction of sp³-hybridized carbons (Fsp3) is 0.321. The van der Waals surface area contributed by atoms with Crippen molar-refractivity contribution in [2.45, 2.75) is 13.0 Å². The molecule has 1 saturated heterocycles. The molecule has 1 fully saturated rings. The van der Waals surface area contributed by atoms with Gasteiger partial charge in [0.1, 0.15) is 5.82 Å². The van der Waals surface area contributed by atoms with Crippen LogP contribution >= 0.6 is 0 Å². The summed E-state index contributed by atoms with van der Waals surface area (Å²) in [4.78, 5) is 44.6. The summed E-state index contributed by atoms with van der Waals surface area (Å²) in [5.41, 5.74) is 1.84. The molecule has 0 spiro atoms. The van der Waals surface area contributed by atoms with E-state index in [9.17, 15) is 18.8 Å². The zero-order valence-corrected chi connectivity index (χ0v) is 20.9. The number of rotatable bonds is 8. The number of amides is 3. The summed E-state index contributed by atoms with van der Waals surface area (Å²) < 4.78 is 19.5. The Bertz CT molecular complexity index is 1190. The van der Waals surface area contributed by atoms with Crippen molar-refractivity contribution in [3.05, 3.63) is 95.5 Å². The SMILES string of the molecule is C=CCN1C(=O)NC(c2cccc(F)c2)C(C(=O)OCC)=C1CN1CCN(C(=O)c2ccccc2)CC1. The van der Waals surface area contributed by atoms with E-state index in [0.717, 1.165) is 0 Å². The second-order valence-corrected chi connectivity index (χ2v) is 8.85. The average Bonchev–Trinajstić information content (AvgIpc) is 2.91. The molecular weight excluding hydrogens is 475 g/mol. The molecule has 0 aromatic heterocycles. The summed E-state index contributed by atoms with van der Waals surface area (Å²) in [5, 5.41) is 2.83. The smallest absolute Gasteiger partial charge is 0.338 e. The molecule has 2 aromatic carbocycles. The van der Waals surface area contributed by atoms with E-state index in [2.05, 4.69) is 16.8 Å². The second kappa shape index (κ2) is 11.8. The molecule has 0 bridgehead atoms. The number of halogens is 1. The topological polar surface area (TPSA) is 82.2 Å². The molecule has 194 valence electrons. The van der Waals surface area contributed by atoms with Crippen LogP contribution in [0.4, 0.5) is 9.18 Å². The highest BCUT2D eigenvalue weighted by atomic mass is 19.1. The van der Waals surface area contributed by atoms with Gasteiger partial charge in [0.2, 0.25) is 0 Å². The molecule has 9 heteroatoms. The van der Waals surface area contributed by atoms with Gasteiger partial charge in [0.25, 0.3) is 5.91 Å². The van der Waals surface area contributed by atoms with Gasteiger partial charge in [-0.25, -0.2) is 14.0 Å². The first-order chi connectivity index (χ1) is 17.9. The fourth-order valence-electron chi connectivity index (χ4n) is 4.67. The first kappa shape index (κ1) is 26.1. The minimum absolute atomic E-state index is 0.0248. The van der Waals surface area contributed by atoms with Gasteiger partial charge in [-0.2, -0.15) is 0 Å². The largest absolute Gasteiger partial charge is 0.463 e. The molecule has 0 radical (unpaired) electrons. The van der Waals surface area contributed by atoms with Gasteiger partial charge < -0.3 is 15.0 Å². The number of carbonyl (C=O) groups is 3. The van der Waals surface area contributed by atoms with Crippen LogP contribution in [-0.2, 0) is 9.53 Å². The third-order valence-corrected chi connectivity index (χ3v) is 6.48. The number of benzene rings is 2. The predicted octanol–water partition coefficient (Wildman–Crippen LogP) is 3.35. The zero-order chi connectivity index (χ0) is 26.4. The first-order valence-corrected chi connectivity index (χ1v) is 12.3. The van der Waals surface area contributed by atoms with Crippen LogP contribution in [0.1, 0.15) is 28.9 Å². The Morgan fingerprint density at radius 2 is 1.84 bits per heavy atom. The number of hydrogen-bond donors (Lipinski definition) is 1. The molecule has 2 aliphatic heterocycles. The molecule has 1 unspecified atom stereocenters. The molecule has 0 aliphatic carbocycles. The highest BCUT2D eigenvalue weighted by molar-refractivity contribution is 5.95. The van der Waals surface area contributed by atoms with Crippen molar-refractivity contribution < 1.29 is 23.5 Å². The first-order valence-electron chi connectivity index (χ1n) is 12.3. The lowest BCUT2D eigenvalue weighted by Crippen LogP contribution is -2.53. The number of esters is 1. The van der Waals surface area contributed by atoms with E-state index in [4.69, 9.17) is 4.74 Å². The molecule has 1 atom stereocenters. The Morgan fingerprint density at radius 3 is 2.49 bits per heavy atom. The van der Waals surface area contributed by atoms with Gasteiger partial charge in [0, 0.05) is 50.5 Å². The number of piperazine rings is 1. The molecule has 2 aliphatic rings. The third kappa shape index (κ3) is 5.89. The van der Waals surface area contributed by atoms with Gasteiger partial charge in [-0.05, 0) is 36.8 Å². The van der Waals surface area contributed by atoms with Crippen molar-refractivity contribution in [1.82, 2.24) is 20.0 Å². The van der Waals surface area contributed by atoms with Crippen LogP contribution in [-0.4, -0.2) is 78.5 Å². The van der Waals surface area contributed by atoms with Gasteiger partial charge >= 0.3 is 12.0 Å². The number of urea groups is 1. The number of hydrogen-bond acceptors (Lipinski definition) is 5. The molecule has 1 N–H and O–H groups in total. The summed E-state index contributed by atoms with van der Waals surface area (Å²) in [6.45, 7) is 8.24. The van der Waals surface area contributed by atoms with Crippen molar-refractivity contribution >= 4 is 17.9 Å². The van der Waals surface area contributed by atoms with Crippen molar-refractivity contribution in [3.63, 3.8) is 0 Å². The van der Waals surface area contributed by atoms with Crippen molar-refractivity contribution in [1.29, 1.82) is 0 Å². The second-order valence-electron chi connectivity index (χ2n) is 8.85. The zero-order valence-electron chi connectivity index (χ0n) is 20.9. The molecule has 8 nitrogen and oxygen atoms in total. The van der Waals surface area contributed by atoms with Crippen LogP contribution in [0.5, 0.6) is 0 Å². The number of carbonyl (C=O) groups excluding carboxylic acids is 3. The Morgan fingerprint density at radius 1 is 1.11 bits per heavy atom. The van der Waals surface area contributed by atoms with Crippen LogP contribution in [0, 0.1) is 5.82 Å². The summed E-state index contributed by atoms with van der Waals surface area (Å²) in [7, 11) is 0. The monoisotopic (exact) mass is 506 g/mol. The summed E-state index contributed by atoms with van der Waals surface area (Å²) in [5.74, 6) is -1.06. The highest BCUT2D eigenvalue weighted by Gasteiger charge is 2.39. The number of nitrogens with zero attached hydrogens (tertiary/aromatic N) is 3. The minimum atomic E-state index is -0.862. The van der Waals surface area contributed by atoms with E-state index in [1.807, 2.05) is 18.2 Å². The van der Waals surface area contributed by atoms with E-state index in [0.29, 0.717) is 43.0 Å². The third-order valence-electron chi connectivity index (χ3n) is 6.48. The van der Waals surface area contributed by atoms with E-state index in [1.165, 1.54) is 17.0 Å².